The Morgan fingerprint density at radius 2 is 2.38 bits per heavy atom. The molecule has 1 saturated heterocycles. The SMILES string of the molecule is CNCc1c(N2CCCC(C(N)=O)C2)nc2ccccn12. The summed E-state index contributed by atoms with van der Waals surface area (Å²) in [5.74, 6) is 0.672. The number of nitrogens with zero attached hydrogens (tertiary/aromatic N) is 3. The number of piperidine rings is 1. The average Bonchev–Trinajstić information content (AvgIpc) is 2.87. The van der Waals surface area contributed by atoms with Crippen LogP contribution in [0.5, 0.6) is 0 Å². The Labute approximate surface area is 123 Å². The van der Waals surface area contributed by atoms with E-state index in [-0.39, 0.29) is 11.8 Å². The van der Waals surface area contributed by atoms with Crippen LogP contribution in [-0.4, -0.2) is 35.4 Å². The van der Waals surface area contributed by atoms with Crippen LogP contribution in [0.4, 0.5) is 5.82 Å². The zero-order valence-corrected chi connectivity index (χ0v) is 12.2. The van der Waals surface area contributed by atoms with Crippen LogP contribution < -0.4 is 16.0 Å². The predicted molar refractivity (Wildman–Crippen MR) is 82.1 cm³/mol. The fourth-order valence-corrected chi connectivity index (χ4v) is 3.02. The number of primary amides is 1. The normalized spacial score (nSPS) is 19.1. The van der Waals surface area contributed by atoms with Gasteiger partial charge in [0.15, 0.2) is 5.82 Å². The van der Waals surface area contributed by atoms with Gasteiger partial charge in [-0.2, -0.15) is 0 Å². The van der Waals surface area contributed by atoms with E-state index in [0.29, 0.717) is 6.54 Å². The largest absolute Gasteiger partial charge is 0.369 e. The first-order chi connectivity index (χ1) is 10.2. The molecule has 3 rings (SSSR count). The molecule has 1 atom stereocenters. The van der Waals surface area contributed by atoms with Gasteiger partial charge < -0.3 is 20.4 Å². The van der Waals surface area contributed by atoms with Crippen LogP contribution in [0.1, 0.15) is 18.5 Å². The number of pyridine rings is 1. The van der Waals surface area contributed by atoms with Gasteiger partial charge in [-0.3, -0.25) is 4.79 Å². The number of rotatable bonds is 4. The molecule has 0 saturated carbocycles. The predicted octanol–water partition coefficient (Wildman–Crippen LogP) is 0.755. The minimum atomic E-state index is -0.210. The molecule has 3 heterocycles. The minimum absolute atomic E-state index is 0.0778. The number of aromatic nitrogens is 2. The molecule has 1 unspecified atom stereocenters. The Balaban J connectivity index is 1.98. The third kappa shape index (κ3) is 2.58. The monoisotopic (exact) mass is 287 g/mol. The lowest BCUT2D eigenvalue weighted by atomic mass is 9.97. The quantitative estimate of drug-likeness (QED) is 0.870. The van der Waals surface area contributed by atoms with Crippen molar-refractivity contribution in [1.82, 2.24) is 14.7 Å². The maximum absolute atomic E-state index is 11.5. The zero-order chi connectivity index (χ0) is 14.8. The van der Waals surface area contributed by atoms with Crippen molar-refractivity contribution in [2.45, 2.75) is 19.4 Å². The Bertz CT molecular complexity index is 651. The van der Waals surface area contributed by atoms with Crippen molar-refractivity contribution >= 4 is 17.4 Å². The smallest absolute Gasteiger partial charge is 0.222 e. The van der Waals surface area contributed by atoms with Gasteiger partial charge in [-0.05, 0) is 32.0 Å². The Morgan fingerprint density at radius 1 is 1.52 bits per heavy atom. The van der Waals surface area contributed by atoms with E-state index in [4.69, 9.17) is 10.7 Å². The van der Waals surface area contributed by atoms with Crippen LogP contribution in [0.2, 0.25) is 0 Å². The lowest BCUT2D eigenvalue weighted by Gasteiger charge is -2.32. The summed E-state index contributed by atoms with van der Waals surface area (Å²) in [6, 6.07) is 5.98. The van der Waals surface area contributed by atoms with Gasteiger partial charge in [0.05, 0.1) is 11.6 Å². The van der Waals surface area contributed by atoms with Crippen molar-refractivity contribution in [2.75, 3.05) is 25.0 Å². The second-order valence-corrected chi connectivity index (χ2v) is 5.53. The van der Waals surface area contributed by atoms with Crippen molar-refractivity contribution in [1.29, 1.82) is 0 Å². The number of imidazole rings is 1. The summed E-state index contributed by atoms with van der Waals surface area (Å²) in [6.45, 7) is 2.32. The zero-order valence-electron chi connectivity index (χ0n) is 12.2. The molecule has 3 N–H and O–H groups in total. The van der Waals surface area contributed by atoms with Gasteiger partial charge in [0.25, 0.3) is 0 Å². The van der Waals surface area contributed by atoms with Crippen LogP contribution >= 0.6 is 0 Å². The number of nitrogens with two attached hydrogens (primary N) is 1. The molecule has 0 radical (unpaired) electrons. The summed E-state index contributed by atoms with van der Waals surface area (Å²) in [6.07, 6.45) is 3.87. The fraction of sp³-hybridized carbons (Fsp3) is 0.467. The molecule has 2 aromatic heterocycles. The Hall–Kier alpha value is -2.08. The van der Waals surface area contributed by atoms with Gasteiger partial charge in [0.1, 0.15) is 5.65 Å². The first-order valence-electron chi connectivity index (χ1n) is 7.35. The molecule has 1 amide bonds. The number of hydrogen-bond donors (Lipinski definition) is 2. The van der Waals surface area contributed by atoms with Crippen molar-refractivity contribution < 1.29 is 4.79 Å². The Kier molecular flexibility index (Phi) is 3.79. The molecule has 21 heavy (non-hydrogen) atoms. The molecular weight excluding hydrogens is 266 g/mol. The van der Waals surface area contributed by atoms with E-state index in [9.17, 15) is 4.79 Å². The summed E-state index contributed by atoms with van der Waals surface area (Å²) < 4.78 is 2.10. The van der Waals surface area contributed by atoms with E-state index < -0.39 is 0 Å². The van der Waals surface area contributed by atoms with E-state index >= 15 is 0 Å². The van der Waals surface area contributed by atoms with E-state index in [1.165, 1.54) is 0 Å². The second-order valence-electron chi connectivity index (χ2n) is 5.53. The lowest BCUT2D eigenvalue weighted by Crippen LogP contribution is -2.41. The highest BCUT2D eigenvalue weighted by atomic mass is 16.1. The molecule has 112 valence electrons. The van der Waals surface area contributed by atoms with Gasteiger partial charge in [0.2, 0.25) is 5.91 Å². The van der Waals surface area contributed by atoms with E-state index in [1.807, 2.05) is 31.4 Å². The number of carbonyl (C=O) groups is 1. The highest BCUT2D eigenvalue weighted by molar-refractivity contribution is 5.77. The molecule has 1 fully saturated rings. The van der Waals surface area contributed by atoms with E-state index in [2.05, 4.69) is 14.6 Å². The maximum Gasteiger partial charge on any atom is 0.222 e. The highest BCUT2D eigenvalue weighted by Crippen LogP contribution is 2.26. The molecule has 1 aliphatic heterocycles. The van der Waals surface area contributed by atoms with Crippen LogP contribution in [0, 0.1) is 5.92 Å². The molecular formula is C15H21N5O. The van der Waals surface area contributed by atoms with Crippen molar-refractivity contribution in [3.05, 3.63) is 30.1 Å². The molecule has 0 aliphatic carbocycles. The van der Waals surface area contributed by atoms with E-state index in [1.54, 1.807) is 0 Å². The molecule has 6 heteroatoms. The number of fused-ring (bicyclic) bond motifs is 1. The van der Waals surface area contributed by atoms with Crippen LogP contribution in [-0.2, 0) is 11.3 Å². The molecule has 0 aromatic carbocycles. The van der Waals surface area contributed by atoms with Crippen LogP contribution in [0.15, 0.2) is 24.4 Å². The van der Waals surface area contributed by atoms with Gasteiger partial charge in [-0.15, -0.1) is 0 Å². The van der Waals surface area contributed by atoms with Crippen molar-refractivity contribution in [3.8, 4) is 0 Å². The summed E-state index contributed by atoms with van der Waals surface area (Å²) in [7, 11) is 1.93. The third-order valence-electron chi connectivity index (χ3n) is 4.08. The Morgan fingerprint density at radius 3 is 3.14 bits per heavy atom. The highest BCUT2D eigenvalue weighted by Gasteiger charge is 2.27. The fourth-order valence-electron chi connectivity index (χ4n) is 3.02. The first kappa shape index (κ1) is 13.9. The standard InChI is InChI=1S/C15H21N5O/c1-17-9-12-15(18-13-6-2-3-8-20(12)13)19-7-4-5-11(10-19)14(16)21/h2-3,6,8,11,17H,4-5,7,9-10H2,1H3,(H2,16,21). The average molecular weight is 287 g/mol. The summed E-state index contributed by atoms with van der Waals surface area (Å²) in [5.41, 5.74) is 7.53. The van der Waals surface area contributed by atoms with Crippen LogP contribution in [0.3, 0.4) is 0 Å². The second kappa shape index (κ2) is 5.73. The first-order valence-corrected chi connectivity index (χ1v) is 7.35. The molecule has 6 nitrogen and oxygen atoms in total. The van der Waals surface area contributed by atoms with Gasteiger partial charge >= 0.3 is 0 Å². The summed E-state index contributed by atoms with van der Waals surface area (Å²) in [4.78, 5) is 18.4. The van der Waals surface area contributed by atoms with E-state index in [0.717, 1.165) is 43.1 Å². The molecule has 0 bridgehead atoms. The summed E-state index contributed by atoms with van der Waals surface area (Å²) in [5, 5.41) is 3.20. The lowest BCUT2D eigenvalue weighted by molar-refractivity contribution is -0.122. The number of nitrogens with one attached hydrogen (secondary N) is 1. The van der Waals surface area contributed by atoms with Crippen LogP contribution in [0.25, 0.3) is 5.65 Å². The molecule has 0 spiro atoms. The third-order valence-corrected chi connectivity index (χ3v) is 4.08. The number of hydrogen-bond acceptors (Lipinski definition) is 4. The maximum atomic E-state index is 11.5. The minimum Gasteiger partial charge on any atom is -0.369 e. The van der Waals surface area contributed by atoms with Gasteiger partial charge in [-0.1, -0.05) is 6.07 Å². The topological polar surface area (TPSA) is 75.7 Å². The molecule has 2 aromatic rings. The number of carbonyl (C=O) groups excluding carboxylic acids is 1. The number of amides is 1. The van der Waals surface area contributed by atoms with Crippen molar-refractivity contribution in [3.63, 3.8) is 0 Å². The van der Waals surface area contributed by atoms with Gasteiger partial charge in [-0.25, -0.2) is 4.98 Å². The molecule has 1 aliphatic rings. The number of anilines is 1. The van der Waals surface area contributed by atoms with Gasteiger partial charge in [0, 0.05) is 25.8 Å². The summed E-state index contributed by atoms with van der Waals surface area (Å²) >= 11 is 0. The van der Waals surface area contributed by atoms with Crippen molar-refractivity contribution in [2.24, 2.45) is 11.7 Å².